The lowest BCUT2D eigenvalue weighted by atomic mass is 10.1. The van der Waals surface area contributed by atoms with E-state index in [9.17, 15) is 26.7 Å². The van der Waals surface area contributed by atoms with Gasteiger partial charge in [0.1, 0.15) is 5.69 Å². The SMILES string of the molecule is O=C(O)c1ccc(-n2cc(/C=N/Nc3ccc(C(F)(F)F)cc3)c(-c3ccc(F)c(F)c3)n2)cc1. The number of alkyl halides is 3. The molecule has 0 aliphatic carbocycles. The maximum atomic E-state index is 13.8. The fraction of sp³-hybridized carbons (Fsp3) is 0.0417. The Morgan fingerprint density at radius 2 is 1.66 bits per heavy atom. The van der Waals surface area contributed by atoms with E-state index in [4.69, 9.17) is 5.11 Å². The Hall–Kier alpha value is -4.54. The normalized spacial score (nSPS) is 11.7. The second kappa shape index (κ2) is 9.37. The van der Waals surface area contributed by atoms with Crippen LogP contribution in [0, 0.1) is 11.6 Å². The molecule has 6 nitrogen and oxygen atoms in total. The highest BCUT2D eigenvalue weighted by Crippen LogP contribution is 2.30. The van der Waals surface area contributed by atoms with Gasteiger partial charge < -0.3 is 5.11 Å². The summed E-state index contributed by atoms with van der Waals surface area (Å²) in [5.74, 6) is -3.20. The number of carboxylic acid groups (broad SMARTS) is 1. The molecule has 0 aliphatic rings. The van der Waals surface area contributed by atoms with Crippen LogP contribution in [0.2, 0.25) is 0 Å². The van der Waals surface area contributed by atoms with Gasteiger partial charge in [0.25, 0.3) is 0 Å². The number of nitrogens with one attached hydrogen (secondary N) is 1. The Morgan fingerprint density at radius 3 is 2.26 bits per heavy atom. The van der Waals surface area contributed by atoms with Crippen LogP contribution in [0.5, 0.6) is 0 Å². The standard InChI is InChI=1S/C24H15F5N4O2/c25-20-10-3-15(11-21(20)26)22-16(12-30-31-18-6-4-17(5-7-18)24(27,28)29)13-33(32-22)19-8-1-14(2-9-19)23(34)35/h1-13,31H,(H,34,35)/b30-12+. The largest absolute Gasteiger partial charge is 0.478 e. The molecule has 35 heavy (non-hydrogen) atoms. The number of aromatic carboxylic acids is 1. The average molecular weight is 486 g/mol. The molecule has 0 fully saturated rings. The topological polar surface area (TPSA) is 79.5 Å². The smallest absolute Gasteiger partial charge is 0.416 e. The zero-order valence-corrected chi connectivity index (χ0v) is 17.6. The molecule has 0 spiro atoms. The summed E-state index contributed by atoms with van der Waals surface area (Å²) in [6, 6.07) is 13.3. The Balaban J connectivity index is 1.66. The monoisotopic (exact) mass is 486 g/mol. The minimum absolute atomic E-state index is 0.0734. The van der Waals surface area contributed by atoms with Gasteiger partial charge in [-0.2, -0.15) is 23.4 Å². The van der Waals surface area contributed by atoms with Gasteiger partial charge in [-0.1, -0.05) is 0 Å². The lowest BCUT2D eigenvalue weighted by Gasteiger charge is -2.07. The predicted molar refractivity (Wildman–Crippen MR) is 119 cm³/mol. The van der Waals surface area contributed by atoms with E-state index in [1.54, 1.807) is 0 Å². The molecule has 3 aromatic carbocycles. The third kappa shape index (κ3) is 5.35. The molecule has 1 heterocycles. The molecule has 0 amide bonds. The fourth-order valence-electron chi connectivity index (χ4n) is 3.15. The van der Waals surface area contributed by atoms with Gasteiger partial charge in [0.15, 0.2) is 11.6 Å². The van der Waals surface area contributed by atoms with Gasteiger partial charge in [0.05, 0.1) is 28.7 Å². The van der Waals surface area contributed by atoms with Crippen molar-refractivity contribution in [2.75, 3.05) is 5.43 Å². The molecule has 0 aliphatic heterocycles. The van der Waals surface area contributed by atoms with E-state index in [-0.39, 0.29) is 16.8 Å². The maximum Gasteiger partial charge on any atom is 0.416 e. The summed E-state index contributed by atoms with van der Waals surface area (Å²) in [4.78, 5) is 11.1. The zero-order valence-electron chi connectivity index (χ0n) is 17.6. The number of halogens is 5. The first-order valence-corrected chi connectivity index (χ1v) is 9.97. The van der Waals surface area contributed by atoms with Gasteiger partial charge in [-0.05, 0) is 66.7 Å². The number of aromatic nitrogens is 2. The summed E-state index contributed by atoms with van der Waals surface area (Å²) in [5, 5.41) is 17.5. The number of nitrogens with zero attached hydrogens (tertiary/aromatic N) is 3. The van der Waals surface area contributed by atoms with Crippen molar-refractivity contribution in [2.24, 2.45) is 5.10 Å². The van der Waals surface area contributed by atoms with Crippen molar-refractivity contribution < 1.29 is 31.9 Å². The van der Waals surface area contributed by atoms with Crippen LogP contribution in [0.15, 0.2) is 78.0 Å². The minimum atomic E-state index is -4.46. The summed E-state index contributed by atoms with van der Waals surface area (Å²) < 4.78 is 66.8. The highest BCUT2D eigenvalue weighted by molar-refractivity contribution is 5.89. The molecular weight excluding hydrogens is 471 g/mol. The lowest BCUT2D eigenvalue weighted by Crippen LogP contribution is -2.04. The minimum Gasteiger partial charge on any atom is -0.478 e. The Kier molecular flexibility index (Phi) is 6.32. The van der Waals surface area contributed by atoms with E-state index in [1.807, 2.05) is 0 Å². The molecule has 178 valence electrons. The van der Waals surface area contributed by atoms with E-state index < -0.39 is 29.3 Å². The van der Waals surface area contributed by atoms with E-state index in [0.717, 1.165) is 24.3 Å². The molecular formula is C24H15F5N4O2. The maximum absolute atomic E-state index is 13.8. The van der Waals surface area contributed by atoms with E-state index in [2.05, 4.69) is 15.6 Å². The third-order valence-corrected chi connectivity index (χ3v) is 4.92. The van der Waals surface area contributed by atoms with Gasteiger partial charge in [0, 0.05) is 17.3 Å². The molecule has 0 bridgehead atoms. The fourth-order valence-corrected chi connectivity index (χ4v) is 3.15. The van der Waals surface area contributed by atoms with Gasteiger partial charge >= 0.3 is 12.1 Å². The first-order valence-electron chi connectivity index (χ1n) is 9.97. The van der Waals surface area contributed by atoms with E-state index in [0.29, 0.717) is 16.9 Å². The molecule has 0 atom stereocenters. The van der Waals surface area contributed by atoms with Crippen LogP contribution in [-0.4, -0.2) is 27.1 Å². The molecule has 0 saturated carbocycles. The van der Waals surface area contributed by atoms with Crippen molar-refractivity contribution in [1.82, 2.24) is 9.78 Å². The number of hydrazone groups is 1. The Bertz CT molecular complexity index is 1400. The molecule has 4 rings (SSSR count). The molecule has 0 unspecified atom stereocenters. The van der Waals surface area contributed by atoms with Crippen molar-refractivity contribution in [3.05, 3.63) is 101 Å². The lowest BCUT2D eigenvalue weighted by molar-refractivity contribution is -0.137. The average Bonchev–Trinajstić information content (AvgIpc) is 3.25. The van der Waals surface area contributed by atoms with Gasteiger partial charge in [-0.15, -0.1) is 0 Å². The number of carbonyl (C=O) groups is 1. The third-order valence-electron chi connectivity index (χ3n) is 4.92. The van der Waals surface area contributed by atoms with Crippen LogP contribution < -0.4 is 5.43 Å². The highest BCUT2D eigenvalue weighted by Gasteiger charge is 2.29. The summed E-state index contributed by atoms with van der Waals surface area (Å²) >= 11 is 0. The second-order valence-electron chi connectivity index (χ2n) is 7.30. The van der Waals surface area contributed by atoms with Crippen LogP contribution in [0.4, 0.5) is 27.6 Å². The van der Waals surface area contributed by atoms with Crippen molar-refractivity contribution in [1.29, 1.82) is 0 Å². The van der Waals surface area contributed by atoms with Crippen LogP contribution in [0.25, 0.3) is 16.9 Å². The van der Waals surface area contributed by atoms with Crippen molar-refractivity contribution in [2.45, 2.75) is 6.18 Å². The van der Waals surface area contributed by atoms with Crippen molar-refractivity contribution in [3.8, 4) is 16.9 Å². The number of carboxylic acids is 1. The molecule has 0 saturated heterocycles. The summed E-state index contributed by atoms with van der Waals surface area (Å²) in [7, 11) is 0. The van der Waals surface area contributed by atoms with Gasteiger partial charge in [0.2, 0.25) is 0 Å². The summed E-state index contributed by atoms with van der Waals surface area (Å²) in [5.41, 5.74) is 3.53. The second-order valence-corrected chi connectivity index (χ2v) is 7.30. The van der Waals surface area contributed by atoms with Crippen LogP contribution in [0.3, 0.4) is 0 Å². The molecule has 4 aromatic rings. The number of hydrogen-bond donors (Lipinski definition) is 2. The van der Waals surface area contributed by atoms with Crippen LogP contribution >= 0.6 is 0 Å². The van der Waals surface area contributed by atoms with Gasteiger partial charge in [-0.25, -0.2) is 18.3 Å². The van der Waals surface area contributed by atoms with E-state index in [1.165, 1.54) is 59.6 Å². The quantitative estimate of drug-likeness (QED) is 0.200. The number of anilines is 1. The van der Waals surface area contributed by atoms with Crippen molar-refractivity contribution >= 4 is 17.9 Å². The Labute approximate surface area is 195 Å². The highest BCUT2D eigenvalue weighted by atomic mass is 19.4. The van der Waals surface area contributed by atoms with E-state index >= 15 is 0 Å². The van der Waals surface area contributed by atoms with Crippen molar-refractivity contribution in [3.63, 3.8) is 0 Å². The first kappa shape index (κ1) is 23.6. The first-order chi connectivity index (χ1) is 16.6. The molecule has 0 radical (unpaired) electrons. The predicted octanol–water partition coefficient (Wildman–Crippen LogP) is 5.98. The zero-order chi connectivity index (χ0) is 25.2. The summed E-state index contributed by atoms with van der Waals surface area (Å²) in [6.45, 7) is 0. The summed E-state index contributed by atoms with van der Waals surface area (Å²) in [6.07, 6.45) is -1.61. The number of rotatable bonds is 6. The molecule has 1 aromatic heterocycles. The van der Waals surface area contributed by atoms with Gasteiger partial charge in [-0.3, -0.25) is 5.43 Å². The number of hydrogen-bond acceptors (Lipinski definition) is 4. The molecule has 11 heteroatoms. The Morgan fingerprint density at radius 1 is 0.971 bits per heavy atom. The van der Waals surface area contributed by atoms with Crippen LogP contribution in [0.1, 0.15) is 21.5 Å². The number of benzene rings is 3. The molecule has 2 N–H and O–H groups in total. The van der Waals surface area contributed by atoms with Crippen LogP contribution in [-0.2, 0) is 6.18 Å².